The van der Waals surface area contributed by atoms with Crippen LogP contribution in [0.25, 0.3) is 0 Å². The second-order valence-electron chi connectivity index (χ2n) is 3.44. The normalized spacial score (nSPS) is 13.1. The maximum Gasteiger partial charge on any atom is 0.110 e. The highest BCUT2D eigenvalue weighted by Crippen LogP contribution is 2.18. The average Bonchev–Trinajstić information content (AvgIpc) is 2.65. The van der Waals surface area contributed by atoms with Crippen molar-refractivity contribution in [3.05, 3.63) is 17.2 Å². The molecule has 15 heavy (non-hydrogen) atoms. The molecule has 1 unspecified atom stereocenters. The molecule has 86 valence electrons. The van der Waals surface area contributed by atoms with Crippen molar-refractivity contribution in [1.82, 2.24) is 9.55 Å². The lowest BCUT2D eigenvalue weighted by Crippen LogP contribution is -2.22. The van der Waals surface area contributed by atoms with E-state index in [9.17, 15) is 5.11 Å². The van der Waals surface area contributed by atoms with E-state index in [0.717, 1.165) is 18.7 Å². The van der Waals surface area contributed by atoms with Crippen molar-refractivity contribution in [2.75, 3.05) is 0 Å². The lowest BCUT2D eigenvalue weighted by atomic mass is 10.3. The van der Waals surface area contributed by atoms with Gasteiger partial charge in [-0.15, -0.1) is 0 Å². The molecular weight excluding hydrogens is 194 g/mol. The van der Waals surface area contributed by atoms with E-state index in [1.54, 1.807) is 0 Å². The standard InChI is InChI=1S/C10H19N3O2/c1-3-9(11)13-8(6-15)7(5-14)12-10(13)4-2/h9,14-15H,3-6,11H2,1-2H3. The van der Waals surface area contributed by atoms with Crippen molar-refractivity contribution in [3.8, 4) is 0 Å². The maximum atomic E-state index is 9.26. The Labute approximate surface area is 89.6 Å². The van der Waals surface area contributed by atoms with Gasteiger partial charge in [0, 0.05) is 6.42 Å². The van der Waals surface area contributed by atoms with Crippen LogP contribution in [0.5, 0.6) is 0 Å². The van der Waals surface area contributed by atoms with Crippen molar-refractivity contribution >= 4 is 0 Å². The van der Waals surface area contributed by atoms with Gasteiger partial charge >= 0.3 is 0 Å². The van der Waals surface area contributed by atoms with E-state index in [-0.39, 0.29) is 19.4 Å². The summed E-state index contributed by atoms with van der Waals surface area (Å²) in [6.45, 7) is 3.65. The number of hydrogen-bond donors (Lipinski definition) is 3. The number of hydrogen-bond acceptors (Lipinski definition) is 4. The van der Waals surface area contributed by atoms with Gasteiger partial charge in [-0.05, 0) is 6.42 Å². The molecule has 4 N–H and O–H groups in total. The van der Waals surface area contributed by atoms with Crippen LogP contribution in [0.3, 0.4) is 0 Å². The summed E-state index contributed by atoms with van der Waals surface area (Å²) in [7, 11) is 0. The quantitative estimate of drug-likeness (QED) is 0.656. The molecule has 1 rings (SSSR count). The minimum atomic E-state index is -0.185. The van der Waals surface area contributed by atoms with E-state index in [1.807, 2.05) is 18.4 Å². The zero-order chi connectivity index (χ0) is 11.4. The Morgan fingerprint density at radius 1 is 1.33 bits per heavy atom. The first-order chi connectivity index (χ1) is 7.19. The predicted molar refractivity (Wildman–Crippen MR) is 57.0 cm³/mol. The van der Waals surface area contributed by atoms with Gasteiger partial charge in [-0.1, -0.05) is 13.8 Å². The zero-order valence-corrected chi connectivity index (χ0v) is 9.27. The fraction of sp³-hybridized carbons (Fsp3) is 0.700. The topological polar surface area (TPSA) is 84.3 Å². The van der Waals surface area contributed by atoms with E-state index in [1.165, 1.54) is 0 Å². The Morgan fingerprint density at radius 3 is 2.40 bits per heavy atom. The van der Waals surface area contributed by atoms with Crippen LogP contribution >= 0.6 is 0 Å². The minimum absolute atomic E-state index is 0.142. The molecule has 0 aromatic carbocycles. The zero-order valence-electron chi connectivity index (χ0n) is 9.27. The molecule has 0 bridgehead atoms. The number of aromatic nitrogens is 2. The summed E-state index contributed by atoms with van der Waals surface area (Å²) in [5.74, 6) is 0.817. The van der Waals surface area contributed by atoms with Gasteiger partial charge in [0.05, 0.1) is 30.8 Å². The summed E-state index contributed by atoms with van der Waals surface area (Å²) in [5.41, 5.74) is 7.10. The van der Waals surface area contributed by atoms with Gasteiger partial charge in [0.25, 0.3) is 0 Å². The highest BCUT2D eigenvalue weighted by Gasteiger charge is 2.17. The molecule has 0 fully saturated rings. The summed E-state index contributed by atoms with van der Waals surface area (Å²) in [4.78, 5) is 4.26. The molecule has 1 aromatic heterocycles. The van der Waals surface area contributed by atoms with E-state index in [0.29, 0.717) is 11.4 Å². The summed E-state index contributed by atoms with van der Waals surface area (Å²) in [6.07, 6.45) is 1.32. The van der Waals surface area contributed by atoms with Crippen LogP contribution in [0.4, 0.5) is 0 Å². The first kappa shape index (κ1) is 12.2. The molecule has 1 heterocycles. The Bertz CT molecular complexity index is 323. The van der Waals surface area contributed by atoms with Crippen LogP contribution in [-0.4, -0.2) is 19.8 Å². The number of nitrogens with two attached hydrogens (primary N) is 1. The molecule has 0 aliphatic carbocycles. The molecule has 0 radical (unpaired) electrons. The number of aryl methyl sites for hydroxylation is 1. The largest absolute Gasteiger partial charge is 0.390 e. The first-order valence-corrected chi connectivity index (χ1v) is 5.25. The van der Waals surface area contributed by atoms with Gasteiger partial charge in [-0.2, -0.15) is 0 Å². The van der Waals surface area contributed by atoms with Crippen LogP contribution in [0.2, 0.25) is 0 Å². The number of aliphatic hydroxyl groups is 2. The molecule has 0 saturated heterocycles. The summed E-state index contributed by atoms with van der Waals surface area (Å²) in [6, 6.07) is 0. The molecule has 1 atom stereocenters. The van der Waals surface area contributed by atoms with Crippen LogP contribution in [-0.2, 0) is 19.6 Å². The highest BCUT2D eigenvalue weighted by molar-refractivity contribution is 5.17. The molecule has 0 aliphatic rings. The maximum absolute atomic E-state index is 9.26. The third-order valence-corrected chi connectivity index (χ3v) is 2.53. The summed E-state index contributed by atoms with van der Waals surface area (Å²) < 4.78 is 1.82. The molecule has 5 heteroatoms. The van der Waals surface area contributed by atoms with Gasteiger partial charge in [-0.25, -0.2) is 4.98 Å². The van der Waals surface area contributed by atoms with Gasteiger partial charge in [0.15, 0.2) is 0 Å². The number of imidazole rings is 1. The molecule has 0 spiro atoms. The molecule has 0 aliphatic heterocycles. The SMILES string of the molecule is CCc1nc(CO)c(CO)n1C(N)CC. The number of aliphatic hydroxyl groups excluding tert-OH is 2. The van der Waals surface area contributed by atoms with E-state index in [4.69, 9.17) is 10.8 Å². The predicted octanol–water partition coefficient (Wildman–Crippen LogP) is 0.297. The monoisotopic (exact) mass is 213 g/mol. The number of nitrogens with zero attached hydrogens (tertiary/aromatic N) is 2. The smallest absolute Gasteiger partial charge is 0.110 e. The van der Waals surface area contributed by atoms with Crippen LogP contribution in [0.15, 0.2) is 0 Å². The Balaban J connectivity index is 3.24. The molecule has 0 saturated carbocycles. The third kappa shape index (κ3) is 2.19. The molecular formula is C10H19N3O2. The van der Waals surface area contributed by atoms with Crippen LogP contribution in [0, 0.1) is 0 Å². The van der Waals surface area contributed by atoms with Crippen LogP contribution in [0.1, 0.15) is 43.6 Å². The lowest BCUT2D eigenvalue weighted by Gasteiger charge is -2.16. The average molecular weight is 213 g/mol. The van der Waals surface area contributed by atoms with Gasteiger partial charge < -0.3 is 20.5 Å². The Morgan fingerprint density at radius 2 is 2.00 bits per heavy atom. The van der Waals surface area contributed by atoms with Gasteiger partial charge in [0.1, 0.15) is 5.82 Å². The highest BCUT2D eigenvalue weighted by atomic mass is 16.3. The Hall–Kier alpha value is -0.910. The van der Waals surface area contributed by atoms with E-state index >= 15 is 0 Å². The third-order valence-electron chi connectivity index (χ3n) is 2.53. The second-order valence-corrected chi connectivity index (χ2v) is 3.44. The lowest BCUT2D eigenvalue weighted by molar-refractivity contribution is 0.246. The van der Waals surface area contributed by atoms with Gasteiger partial charge in [0.2, 0.25) is 0 Å². The van der Waals surface area contributed by atoms with E-state index in [2.05, 4.69) is 4.98 Å². The van der Waals surface area contributed by atoms with E-state index < -0.39 is 0 Å². The van der Waals surface area contributed by atoms with Crippen molar-refractivity contribution in [1.29, 1.82) is 0 Å². The van der Waals surface area contributed by atoms with Crippen molar-refractivity contribution < 1.29 is 10.2 Å². The fourth-order valence-corrected chi connectivity index (χ4v) is 1.69. The van der Waals surface area contributed by atoms with Crippen LogP contribution < -0.4 is 5.73 Å². The molecule has 5 nitrogen and oxygen atoms in total. The summed E-state index contributed by atoms with van der Waals surface area (Å²) >= 11 is 0. The first-order valence-electron chi connectivity index (χ1n) is 5.25. The van der Waals surface area contributed by atoms with Crippen molar-refractivity contribution in [2.24, 2.45) is 5.73 Å². The number of rotatable bonds is 5. The minimum Gasteiger partial charge on any atom is -0.390 e. The van der Waals surface area contributed by atoms with Crippen molar-refractivity contribution in [2.45, 2.75) is 46.1 Å². The fourth-order valence-electron chi connectivity index (χ4n) is 1.69. The molecule has 0 amide bonds. The van der Waals surface area contributed by atoms with Crippen molar-refractivity contribution in [3.63, 3.8) is 0 Å². The summed E-state index contributed by atoms with van der Waals surface area (Å²) in [5, 5.41) is 18.4. The van der Waals surface area contributed by atoms with Gasteiger partial charge in [-0.3, -0.25) is 0 Å². The molecule has 1 aromatic rings. The second kappa shape index (κ2) is 5.25. The Kier molecular flexibility index (Phi) is 4.26.